The van der Waals surface area contributed by atoms with E-state index in [0.29, 0.717) is 5.69 Å². The largest absolute Gasteiger partial charge is 0.350 e. The molecule has 3 rings (SSSR count). The number of sulfonamides is 1. The lowest BCUT2D eigenvalue weighted by Gasteiger charge is -2.35. The van der Waals surface area contributed by atoms with Crippen LogP contribution in [-0.4, -0.2) is 49.5 Å². The van der Waals surface area contributed by atoms with Gasteiger partial charge in [-0.25, -0.2) is 8.42 Å². The Bertz CT molecular complexity index is 1320. The Morgan fingerprint density at radius 3 is 1.92 bits per heavy atom. The van der Waals surface area contributed by atoms with Gasteiger partial charge in [-0.2, -0.15) is 0 Å². The Balaban J connectivity index is 2.05. The van der Waals surface area contributed by atoms with E-state index in [1.807, 2.05) is 82.3 Å². The summed E-state index contributed by atoms with van der Waals surface area (Å²) < 4.78 is 26.6. The van der Waals surface area contributed by atoms with Crippen molar-refractivity contribution in [2.45, 2.75) is 52.2 Å². The third-order valence-corrected chi connectivity index (χ3v) is 7.11. The number of carbonyl (C=O) groups excluding carboxylic acids is 2. The van der Waals surface area contributed by atoms with Crippen molar-refractivity contribution >= 4 is 27.5 Å². The van der Waals surface area contributed by atoms with E-state index in [9.17, 15) is 18.0 Å². The molecule has 8 heteroatoms. The first-order valence-corrected chi connectivity index (χ1v) is 14.4. The van der Waals surface area contributed by atoms with Gasteiger partial charge in [0.2, 0.25) is 21.8 Å². The van der Waals surface area contributed by atoms with Gasteiger partial charge in [0.25, 0.3) is 0 Å². The lowest BCUT2D eigenvalue weighted by Crippen LogP contribution is -2.56. The summed E-state index contributed by atoms with van der Waals surface area (Å²) in [5, 5.41) is 3.02. The summed E-state index contributed by atoms with van der Waals surface area (Å²) in [6.07, 6.45) is 1.36. The molecule has 38 heavy (non-hydrogen) atoms. The maximum absolute atomic E-state index is 14.0. The molecular formula is C30H37N3O4S. The van der Waals surface area contributed by atoms with Crippen LogP contribution in [0.25, 0.3) is 0 Å². The Hall–Kier alpha value is -3.65. The fraction of sp³-hybridized carbons (Fsp3) is 0.333. The number of para-hydroxylation sites is 1. The van der Waals surface area contributed by atoms with Gasteiger partial charge in [-0.3, -0.25) is 13.9 Å². The molecule has 0 aromatic heterocycles. The van der Waals surface area contributed by atoms with Crippen LogP contribution < -0.4 is 9.62 Å². The monoisotopic (exact) mass is 535 g/mol. The van der Waals surface area contributed by atoms with Crippen LogP contribution in [-0.2, 0) is 32.6 Å². The Labute approximate surface area is 226 Å². The molecule has 2 amide bonds. The Morgan fingerprint density at radius 2 is 1.39 bits per heavy atom. The van der Waals surface area contributed by atoms with Gasteiger partial charge in [0.1, 0.15) is 12.6 Å². The highest BCUT2D eigenvalue weighted by Crippen LogP contribution is 2.20. The predicted molar refractivity (Wildman–Crippen MR) is 152 cm³/mol. The number of carbonyl (C=O) groups is 2. The average molecular weight is 536 g/mol. The molecule has 0 unspecified atom stereocenters. The molecule has 3 aromatic carbocycles. The van der Waals surface area contributed by atoms with E-state index in [0.717, 1.165) is 27.3 Å². The van der Waals surface area contributed by atoms with E-state index >= 15 is 0 Å². The maximum Gasteiger partial charge on any atom is 0.244 e. The van der Waals surface area contributed by atoms with Gasteiger partial charge < -0.3 is 10.2 Å². The highest BCUT2D eigenvalue weighted by atomic mass is 32.2. The lowest BCUT2D eigenvalue weighted by molar-refractivity contribution is -0.140. The molecule has 7 nitrogen and oxygen atoms in total. The van der Waals surface area contributed by atoms with Crippen LogP contribution in [0.1, 0.15) is 37.5 Å². The summed E-state index contributed by atoms with van der Waals surface area (Å²) >= 11 is 0. The lowest BCUT2D eigenvalue weighted by atomic mass is 10.0. The molecule has 0 radical (unpaired) electrons. The van der Waals surface area contributed by atoms with Crippen LogP contribution in [0.4, 0.5) is 5.69 Å². The number of nitrogens with one attached hydrogen (secondary N) is 1. The van der Waals surface area contributed by atoms with Gasteiger partial charge in [-0.1, -0.05) is 78.4 Å². The summed E-state index contributed by atoms with van der Waals surface area (Å²) in [4.78, 5) is 29.2. The van der Waals surface area contributed by atoms with Crippen molar-refractivity contribution in [2.24, 2.45) is 0 Å². The maximum atomic E-state index is 14.0. The van der Waals surface area contributed by atoms with Gasteiger partial charge in [-0.15, -0.1) is 0 Å². The van der Waals surface area contributed by atoms with Crippen LogP contribution >= 0.6 is 0 Å². The first-order chi connectivity index (χ1) is 17.8. The summed E-state index contributed by atoms with van der Waals surface area (Å²) in [5.74, 6) is -0.766. The standard InChI is InChI=1S/C30H37N3O4S/c1-23-16-18-25(19-17-23)21-32(28(34)22-33(38(5,36)37)26-14-10-7-11-15-26)27(29(35)31-30(2,3)4)20-24-12-8-6-9-13-24/h6-19,27H,20-22H2,1-5H3,(H,31,35)/t27-/m0/s1. The van der Waals surface area contributed by atoms with Crippen molar-refractivity contribution in [3.8, 4) is 0 Å². The van der Waals surface area contributed by atoms with E-state index in [2.05, 4.69) is 5.32 Å². The zero-order chi connectivity index (χ0) is 27.9. The molecule has 0 saturated carbocycles. The number of aryl methyl sites for hydroxylation is 1. The van der Waals surface area contributed by atoms with E-state index in [1.165, 1.54) is 4.90 Å². The number of benzene rings is 3. The molecule has 1 N–H and O–H groups in total. The van der Waals surface area contributed by atoms with E-state index in [4.69, 9.17) is 0 Å². The molecule has 1 atom stereocenters. The number of hydrogen-bond acceptors (Lipinski definition) is 4. The van der Waals surface area contributed by atoms with Crippen LogP contribution in [0, 0.1) is 6.92 Å². The quantitative estimate of drug-likeness (QED) is 0.419. The van der Waals surface area contributed by atoms with Crippen molar-refractivity contribution in [3.63, 3.8) is 0 Å². The van der Waals surface area contributed by atoms with Crippen molar-refractivity contribution in [3.05, 3.63) is 102 Å². The smallest absolute Gasteiger partial charge is 0.244 e. The molecule has 0 aliphatic rings. The second kappa shape index (κ2) is 12.3. The first kappa shape index (κ1) is 28.9. The molecule has 202 valence electrons. The third-order valence-electron chi connectivity index (χ3n) is 5.97. The van der Waals surface area contributed by atoms with Crippen LogP contribution in [0.2, 0.25) is 0 Å². The summed E-state index contributed by atoms with van der Waals surface area (Å²) in [6, 6.07) is 24.9. The number of hydrogen-bond donors (Lipinski definition) is 1. The topological polar surface area (TPSA) is 86.8 Å². The third kappa shape index (κ3) is 8.45. The molecular weight excluding hydrogens is 498 g/mol. The van der Waals surface area contributed by atoms with E-state index in [-0.39, 0.29) is 18.9 Å². The normalized spacial score (nSPS) is 12.4. The van der Waals surface area contributed by atoms with Crippen molar-refractivity contribution in [1.82, 2.24) is 10.2 Å². The molecule has 0 fully saturated rings. The highest BCUT2D eigenvalue weighted by Gasteiger charge is 2.34. The van der Waals surface area contributed by atoms with Gasteiger partial charge in [-0.05, 0) is 51.0 Å². The SMILES string of the molecule is Cc1ccc(CN(C(=O)CN(c2ccccc2)S(C)(=O)=O)[C@@H](Cc2ccccc2)C(=O)NC(C)(C)C)cc1. The number of rotatable bonds is 10. The van der Waals surface area contributed by atoms with Crippen molar-refractivity contribution in [2.75, 3.05) is 17.1 Å². The minimum absolute atomic E-state index is 0.153. The molecule has 0 aliphatic heterocycles. The fourth-order valence-corrected chi connectivity index (χ4v) is 4.95. The Morgan fingerprint density at radius 1 is 0.842 bits per heavy atom. The second-order valence-electron chi connectivity index (χ2n) is 10.6. The molecule has 0 aliphatic carbocycles. The van der Waals surface area contributed by atoms with Gasteiger partial charge >= 0.3 is 0 Å². The summed E-state index contributed by atoms with van der Waals surface area (Å²) in [5.41, 5.74) is 2.68. The second-order valence-corrected chi connectivity index (χ2v) is 12.5. The average Bonchev–Trinajstić information content (AvgIpc) is 2.85. The molecule has 0 spiro atoms. The molecule has 3 aromatic rings. The minimum Gasteiger partial charge on any atom is -0.350 e. The fourth-order valence-electron chi connectivity index (χ4n) is 4.11. The highest BCUT2D eigenvalue weighted by molar-refractivity contribution is 7.92. The van der Waals surface area contributed by atoms with Crippen LogP contribution in [0.15, 0.2) is 84.9 Å². The molecule has 0 bridgehead atoms. The zero-order valence-corrected chi connectivity index (χ0v) is 23.5. The summed E-state index contributed by atoms with van der Waals surface area (Å²) in [7, 11) is -3.77. The zero-order valence-electron chi connectivity index (χ0n) is 22.7. The number of nitrogens with zero attached hydrogens (tertiary/aromatic N) is 2. The molecule has 0 saturated heterocycles. The van der Waals surface area contributed by atoms with E-state index in [1.54, 1.807) is 30.3 Å². The Kier molecular flexibility index (Phi) is 9.33. The number of anilines is 1. The first-order valence-electron chi connectivity index (χ1n) is 12.6. The van der Waals surface area contributed by atoms with Crippen molar-refractivity contribution < 1.29 is 18.0 Å². The molecule has 0 heterocycles. The van der Waals surface area contributed by atoms with E-state index < -0.39 is 34.1 Å². The van der Waals surface area contributed by atoms with Crippen LogP contribution in [0.5, 0.6) is 0 Å². The number of amides is 2. The summed E-state index contributed by atoms with van der Waals surface area (Å²) in [6.45, 7) is 7.36. The van der Waals surface area contributed by atoms with Crippen LogP contribution in [0.3, 0.4) is 0 Å². The van der Waals surface area contributed by atoms with Gasteiger partial charge in [0, 0.05) is 18.5 Å². The van der Waals surface area contributed by atoms with Gasteiger partial charge in [0.05, 0.1) is 11.9 Å². The predicted octanol–water partition coefficient (Wildman–Crippen LogP) is 4.32. The minimum atomic E-state index is -3.77. The van der Waals surface area contributed by atoms with Crippen molar-refractivity contribution in [1.29, 1.82) is 0 Å². The van der Waals surface area contributed by atoms with Gasteiger partial charge in [0.15, 0.2) is 0 Å².